The quantitative estimate of drug-likeness (QED) is 0.186. The largest absolute Gasteiger partial charge is 0.310 e. The van der Waals surface area contributed by atoms with E-state index in [1.807, 2.05) is 0 Å². The summed E-state index contributed by atoms with van der Waals surface area (Å²) in [6, 6.07) is 60.8. The van der Waals surface area contributed by atoms with Crippen LogP contribution in [0.25, 0.3) is 44.2 Å². The first-order valence-corrected chi connectivity index (χ1v) is 17.5. The van der Waals surface area contributed by atoms with Crippen molar-refractivity contribution < 1.29 is 0 Å². The molecule has 0 N–H and O–H groups in total. The Hall–Kier alpha value is -5.40. The van der Waals surface area contributed by atoms with Crippen LogP contribution in [-0.4, -0.2) is 0 Å². The lowest BCUT2D eigenvalue weighted by molar-refractivity contribution is 0.327. The van der Waals surface area contributed by atoms with Gasteiger partial charge in [0.15, 0.2) is 0 Å². The molecule has 3 aliphatic rings. The maximum atomic E-state index is 2.55. The normalized spacial score (nSPS) is 20.2. The smallest absolute Gasteiger partial charge is 0.0540 e. The number of hydrogen-bond acceptors (Lipinski definition) is 1. The zero-order valence-corrected chi connectivity index (χ0v) is 27.0. The van der Waals surface area contributed by atoms with Gasteiger partial charge in [-0.1, -0.05) is 134 Å². The highest BCUT2D eigenvalue weighted by atomic mass is 15.1. The van der Waals surface area contributed by atoms with E-state index in [0.29, 0.717) is 0 Å². The van der Waals surface area contributed by atoms with E-state index in [9.17, 15) is 0 Å². The van der Waals surface area contributed by atoms with Crippen molar-refractivity contribution in [3.05, 3.63) is 175 Å². The number of anilines is 3. The van der Waals surface area contributed by atoms with Crippen molar-refractivity contribution in [3.8, 4) is 33.4 Å². The summed E-state index contributed by atoms with van der Waals surface area (Å²) in [5.41, 5.74) is 14.8. The molecule has 230 valence electrons. The predicted molar refractivity (Wildman–Crippen MR) is 201 cm³/mol. The van der Waals surface area contributed by atoms with Gasteiger partial charge in [-0.15, -0.1) is 0 Å². The van der Waals surface area contributed by atoms with Crippen LogP contribution in [0.1, 0.15) is 36.8 Å². The second-order valence-corrected chi connectivity index (χ2v) is 14.2. The number of benzene rings is 7. The maximum absolute atomic E-state index is 2.55. The van der Waals surface area contributed by atoms with Crippen molar-refractivity contribution in [2.75, 3.05) is 4.90 Å². The lowest BCUT2D eigenvalue weighted by atomic mass is 9.66. The minimum Gasteiger partial charge on any atom is -0.310 e. The fraction of sp³-hybridized carbons (Fsp3) is 0.149. The van der Waals surface area contributed by atoms with Gasteiger partial charge in [0.1, 0.15) is 0 Å². The zero-order valence-electron chi connectivity index (χ0n) is 27.0. The fourth-order valence-corrected chi connectivity index (χ4v) is 9.64. The van der Waals surface area contributed by atoms with Gasteiger partial charge in [-0.05, 0) is 117 Å². The van der Waals surface area contributed by atoms with E-state index in [-0.39, 0.29) is 5.41 Å². The van der Waals surface area contributed by atoms with E-state index in [4.69, 9.17) is 0 Å². The maximum Gasteiger partial charge on any atom is 0.0540 e. The van der Waals surface area contributed by atoms with Crippen LogP contribution in [0.4, 0.5) is 17.1 Å². The van der Waals surface area contributed by atoms with Crippen molar-refractivity contribution in [1.29, 1.82) is 0 Å². The number of rotatable bonds is 5. The van der Waals surface area contributed by atoms with Gasteiger partial charge in [0, 0.05) is 22.2 Å². The molecule has 7 aromatic rings. The lowest BCUT2D eigenvalue weighted by Gasteiger charge is -2.36. The SMILES string of the molecule is c1ccc(-c2ccc(N(c3ccc(-c4ccc5c(c4)C4(CC6CCC4C6)c4ccccc4-5)cc3)c3cccc4ccccc34)cc2)cc1. The summed E-state index contributed by atoms with van der Waals surface area (Å²) in [6.45, 7) is 0. The molecule has 0 aliphatic heterocycles. The summed E-state index contributed by atoms with van der Waals surface area (Å²) in [6.07, 6.45) is 5.48. The number of fused-ring (bicyclic) bond motifs is 9. The van der Waals surface area contributed by atoms with Crippen molar-refractivity contribution in [2.24, 2.45) is 11.8 Å². The van der Waals surface area contributed by atoms with Gasteiger partial charge in [-0.2, -0.15) is 0 Å². The van der Waals surface area contributed by atoms with Crippen LogP contribution in [-0.2, 0) is 5.41 Å². The molecule has 48 heavy (non-hydrogen) atoms. The Morgan fingerprint density at radius 1 is 0.479 bits per heavy atom. The summed E-state index contributed by atoms with van der Waals surface area (Å²) in [5, 5.41) is 2.48. The molecule has 2 bridgehead atoms. The van der Waals surface area contributed by atoms with E-state index in [1.54, 1.807) is 11.1 Å². The average Bonchev–Trinajstić information content (AvgIpc) is 3.86. The molecule has 3 aliphatic carbocycles. The third kappa shape index (κ3) is 4.17. The topological polar surface area (TPSA) is 3.24 Å². The molecule has 7 aromatic carbocycles. The summed E-state index contributed by atoms with van der Waals surface area (Å²) < 4.78 is 0. The third-order valence-corrected chi connectivity index (χ3v) is 11.7. The minimum absolute atomic E-state index is 0.196. The molecule has 0 aromatic heterocycles. The number of nitrogens with zero attached hydrogens (tertiary/aromatic N) is 1. The Kier molecular flexibility index (Phi) is 6.24. The van der Waals surface area contributed by atoms with E-state index >= 15 is 0 Å². The Morgan fingerprint density at radius 3 is 1.85 bits per heavy atom. The molecule has 0 saturated heterocycles. The molecule has 3 atom stereocenters. The van der Waals surface area contributed by atoms with Gasteiger partial charge in [0.05, 0.1) is 5.69 Å². The highest BCUT2D eigenvalue weighted by Gasteiger charge is 2.56. The molecule has 1 spiro atoms. The molecular weight excluding hydrogens is 579 g/mol. The van der Waals surface area contributed by atoms with E-state index in [2.05, 4.69) is 169 Å². The summed E-state index contributed by atoms with van der Waals surface area (Å²) in [4.78, 5) is 2.41. The molecule has 1 nitrogen and oxygen atoms in total. The monoisotopic (exact) mass is 615 g/mol. The third-order valence-electron chi connectivity index (χ3n) is 11.7. The molecule has 0 radical (unpaired) electrons. The summed E-state index contributed by atoms with van der Waals surface area (Å²) in [5.74, 6) is 1.64. The Labute approximate surface area is 283 Å². The highest BCUT2D eigenvalue weighted by Crippen LogP contribution is 2.65. The first-order chi connectivity index (χ1) is 23.8. The van der Waals surface area contributed by atoms with Crippen molar-refractivity contribution >= 4 is 27.8 Å². The molecule has 0 amide bonds. The Bertz CT molecular complexity index is 2290. The van der Waals surface area contributed by atoms with Crippen LogP contribution in [0, 0.1) is 11.8 Å². The molecule has 0 heterocycles. The molecular formula is C47H37N. The fourth-order valence-electron chi connectivity index (χ4n) is 9.64. The molecule has 2 fully saturated rings. The van der Waals surface area contributed by atoms with Crippen molar-refractivity contribution in [3.63, 3.8) is 0 Å². The van der Waals surface area contributed by atoms with Crippen molar-refractivity contribution in [2.45, 2.75) is 31.1 Å². The minimum atomic E-state index is 0.196. The van der Waals surface area contributed by atoms with Gasteiger partial charge in [-0.25, -0.2) is 0 Å². The van der Waals surface area contributed by atoms with E-state index < -0.39 is 0 Å². The van der Waals surface area contributed by atoms with Gasteiger partial charge in [-0.3, -0.25) is 0 Å². The van der Waals surface area contributed by atoms with Crippen LogP contribution in [0.5, 0.6) is 0 Å². The van der Waals surface area contributed by atoms with E-state index in [1.165, 1.54) is 75.5 Å². The first kappa shape index (κ1) is 27.7. The summed E-state index contributed by atoms with van der Waals surface area (Å²) in [7, 11) is 0. The number of hydrogen-bond donors (Lipinski definition) is 0. The van der Waals surface area contributed by atoms with Gasteiger partial charge < -0.3 is 4.90 Å². The zero-order chi connectivity index (χ0) is 31.7. The van der Waals surface area contributed by atoms with Crippen LogP contribution < -0.4 is 4.90 Å². The van der Waals surface area contributed by atoms with Gasteiger partial charge in [0.25, 0.3) is 0 Å². The summed E-state index contributed by atoms with van der Waals surface area (Å²) >= 11 is 0. The molecule has 10 rings (SSSR count). The van der Waals surface area contributed by atoms with Gasteiger partial charge in [0.2, 0.25) is 0 Å². The van der Waals surface area contributed by atoms with Crippen molar-refractivity contribution in [1.82, 2.24) is 0 Å². The Morgan fingerprint density at radius 2 is 1.10 bits per heavy atom. The average molecular weight is 616 g/mol. The molecule has 2 saturated carbocycles. The second kappa shape index (κ2) is 10.8. The second-order valence-electron chi connectivity index (χ2n) is 14.2. The highest BCUT2D eigenvalue weighted by molar-refractivity contribution is 5.99. The van der Waals surface area contributed by atoms with Crippen LogP contribution in [0.3, 0.4) is 0 Å². The van der Waals surface area contributed by atoms with Gasteiger partial charge >= 0.3 is 0 Å². The lowest BCUT2D eigenvalue weighted by Crippen LogP contribution is -2.31. The van der Waals surface area contributed by atoms with Crippen LogP contribution in [0.2, 0.25) is 0 Å². The molecule has 3 unspecified atom stereocenters. The standard InChI is InChI=1S/C47H37N/c1-2-9-33(10-3-1)34-18-24-39(25-19-34)48(46-16-8-12-36-11-4-5-13-41(36)46)40-26-20-35(21-27-40)37-22-28-43-42-14-6-7-15-44(42)47(45(43)30-37)31-32-17-23-38(47)29-32/h1-16,18-22,24-28,30,32,38H,17,23,29,31H2. The first-order valence-electron chi connectivity index (χ1n) is 17.5. The van der Waals surface area contributed by atoms with Crippen LogP contribution in [0.15, 0.2) is 164 Å². The van der Waals surface area contributed by atoms with E-state index in [0.717, 1.165) is 23.2 Å². The predicted octanol–water partition coefficient (Wildman–Crippen LogP) is 12.7. The molecule has 1 heteroatoms. The van der Waals surface area contributed by atoms with Crippen LogP contribution >= 0.6 is 0 Å². The Balaban J connectivity index is 1.06.